The van der Waals surface area contributed by atoms with Gasteiger partial charge in [0, 0.05) is 24.4 Å². The standard InChI is InChI=1S/C16H14FN3O2S/c1-23(21,22)15-7-5-12(10-20-15)19-9-11-4-6-14(17)13-3-2-8-18-16(11)13/h2-8,10,19H,9H2,1H3. The molecule has 0 fully saturated rings. The van der Waals surface area contributed by atoms with E-state index in [2.05, 4.69) is 15.3 Å². The Balaban J connectivity index is 1.83. The van der Waals surface area contributed by atoms with E-state index in [9.17, 15) is 12.8 Å². The Labute approximate surface area is 133 Å². The predicted octanol–water partition coefficient (Wildman–Crippen LogP) is 2.78. The Kier molecular flexibility index (Phi) is 3.96. The summed E-state index contributed by atoms with van der Waals surface area (Å²) < 4.78 is 36.5. The van der Waals surface area contributed by atoms with Crippen LogP contribution in [0.5, 0.6) is 0 Å². The maximum atomic E-state index is 13.8. The number of nitrogens with zero attached hydrogens (tertiary/aromatic N) is 2. The lowest BCUT2D eigenvalue weighted by Crippen LogP contribution is -2.04. The van der Waals surface area contributed by atoms with E-state index >= 15 is 0 Å². The van der Waals surface area contributed by atoms with Crippen LogP contribution >= 0.6 is 0 Å². The van der Waals surface area contributed by atoms with Crippen LogP contribution in [0.15, 0.2) is 53.8 Å². The second-order valence-electron chi connectivity index (χ2n) is 5.12. The van der Waals surface area contributed by atoms with Gasteiger partial charge < -0.3 is 5.32 Å². The van der Waals surface area contributed by atoms with Crippen LogP contribution in [0.1, 0.15) is 5.56 Å². The van der Waals surface area contributed by atoms with Crippen LogP contribution in [-0.4, -0.2) is 24.6 Å². The third-order valence-electron chi connectivity index (χ3n) is 3.40. The molecule has 1 aromatic carbocycles. The number of fused-ring (bicyclic) bond motifs is 1. The van der Waals surface area contributed by atoms with Crippen LogP contribution in [0.4, 0.5) is 10.1 Å². The molecule has 0 aliphatic carbocycles. The van der Waals surface area contributed by atoms with Gasteiger partial charge in [-0.25, -0.2) is 17.8 Å². The Morgan fingerprint density at radius 3 is 2.65 bits per heavy atom. The van der Waals surface area contributed by atoms with E-state index in [4.69, 9.17) is 0 Å². The number of sulfone groups is 1. The van der Waals surface area contributed by atoms with Crippen molar-refractivity contribution >= 4 is 26.4 Å². The summed E-state index contributed by atoms with van der Waals surface area (Å²) in [5.41, 5.74) is 2.11. The summed E-state index contributed by atoms with van der Waals surface area (Å²) in [5, 5.41) is 3.63. The van der Waals surface area contributed by atoms with Gasteiger partial charge in [-0.1, -0.05) is 6.07 Å². The molecule has 2 heterocycles. The number of rotatable bonds is 4. The quantitative estimate of drug-likeness (QED) is 0.796. The summed E-state index contributed by atoms with van der Waals surface area (Å²) >= 11 is 0. The zero-order chi connectivity index (χ0) is 16.4. The average Bonchev–Trinajstić information content (AvgIpc) is 2.54. The second-order valence-corrected chi connectivity index (χ2v) is 7.08. The van der Waals surface area contributed by atoms with Crippen molar-refractivity contribution in [3.05, 3.63) is 60.2 Å². The Hall–Kier alpha value is -2.54. The first-order chi connectivity index (χ1) is 10.9. The summed E-state index contributed by atoms with van der Waals surface area (Å²) in [4.78, 5) is 8.14. The lowest BCUT2D eigenvalue weighted by Gasteiger charge is -2.09. The number of hydrogen-bond donors (Lipinski definition) is 1. The summed E-state index contributed by atoms with van der Waals surface area (Å²) in [5.74, 6) is -0.309. The van der Waals surface area contributed by atoms with Crippen LogP contribution in [-0.2, 0) is 16.4 Å². The van der Waals surface area contributed by atoms with Gasteiger partial charge >= 0.3 is 0 Å². The molecule has 0 amide bonds. The van der Waals surface area contributed by atoms with Crippen LogP contribution in [0.2, 0.25) is 0 Å². The minimum Gasteiger partial charge on any atom is -0.380 e. The van der Waals surface area contributed by atoms with Crippen molar-refractivity contribution in [1.82, 2.24) is 9.97 Å². The van der Waals surface area contributed by atoms with E-state index in [0.717, 1.165) is 11.8 Å². The molecule has 0 spiro atoms. The van der Waals surface area contributed by atoms with Crippen molar-refractivity contribution in [3.63, 3.8) is 0 Å². The Bertz CT molecular complexity index is 957. The molecule has 1 N–H and O–H groups in total. The fourth-order valence-electron chi connectivity index (χ4n) is 2.24. The summed E-state index contributed by atoms with van der Waals surface area (Å²) in [7, 11) is -3.31. The van der Waals surface area contributed by atoms with Crippen molar-refractivity contribution < 1.29 is 12.8 Å². The van der Waals surface area contributed by atoms with E-state index in [1.807, 2.05) is 0 Å². The molecule has 23 heavy (non-hydrogen) atoms. The van der Waals surface area contributed by atoms with Crippen molar-refractivity contribution in [3.8, 4) is 0 Å². The summed E-state index contributed by atoms with van der Waals surface area (Å²) in [6.45, 7) is 0.424. The maximum Gasteiger partial charge on any atom is 0.192 e. The number of nitrogens with one attached hydrogen (secondary N) is 1. The van der Waals surface area contributed by atoms with Gasteiger partial charge in [0.15, 0.2) is 14.9 Å². The van der Waals surface area contributed by atoms with Crippen LogP contribution in [0, 0.1) is 5.82 Å². The fourth-order valence-corrected chi connectivity index (χ4v) is 2.80. The molecule has 0 aliphatic heterocycles. The zero-order valence-electron chi connectivity index (χ0n) is 12.3. The second kappa shape index (κ2) is 5.92. The van der Waals surface area contributed by atoms with Gasteiger partial charge in [-0.2, -0.15) is 0 Å². The van der Waals surface area contributed by atoms with Gasteiger partial charge in [0.25, 0.3) is 0 Å². The average molecular weight is 331 g/mol. The summed E-state index contributed by atoms with van der Waals surface area (Å²) in [6, 6.07) is 9.54. The van der Waals surface area contributed by atoms with E-state index in [-0.39, 0.29) is 10.8 Å². The van der Waals surface area contributed by atoms with Crippen LogP contribution < -0.4 is 5.32 Å². The normalized spacial score (nSPS) is 11.6. The largest absolute Gasteiger partial charge is 0.380 e. The first-order valence-corrected chi connectivity index (χ1v) is 8.76. The zero-order valence-corrected chi connectivity index (χ0v) is 13.1. The van der Waals surface area contributed by atoms with Gasteiger partial charge in [0.1, 0.15) is 5.82 Å². The first kappa shape index (κ1) is 15.4. The number of halogens is 1. The molecule has 0 saturated heterocycles. The van der Waals surface area contributed by atoms with Crippen molar-refractivity contribution in [1.29, 1.82) is 0 Å². The molecule has 0 saturated carbocycles. The third-order valence-corrected chi connectivity index (χ3v) is 4.40. The number of benzene rings is 1. The summed E-state index contributed by atoms with van der Waals surface area (Å²) in [6.07, 6.45) is 4.18. The minimum absolute atomic E-state index is 0.0250. The molecule has 0 aliphatic rings. The number of anilines is 1. The van der Waals surface area contributed by atoms with E-state index in [1.165, 1.54) is 18.3 Å². The smallest absolute Gasteiger partial charge is 0.192 e. The molecule has 3 aromatic rings. The molecular formula is C16H14FN3O2S. The predicted molar refractivity (Wildman–Crippen MR) is 86.4 cm³/mol. The lowest BCUT2D eigenvalue weighted by molar-refractivity contribution is 0.598. The Morgan fingerprint density at radius 2 is 1.96 bits per heavy atom. The number of hydrogen-bond acceptors (Lipinski definition) is 5. The highest BCUT2D eigenvalue weighted by Crippen LogP contribution is 2.21. The molecular weight excluding hydrogens is 317 g/mol. The van der Waals surface area contributed by atoms with Crippen LogP contribution in [0.3, 0.4) is 0 Å². The monoisotopic (exact) mass is 331 g/mol. The van der Waals surface area contributed by atoms with Crippen molar-refractivity contribution in [2.45, 2.75) is 11.6 Å². The van der Waals surface area contributed by atoms with Crippen molar-refractivity contribution in [2.75, 3.05) is 11.6 Å². The fraction of sp³-hybridized carbons (Fsp3) is 0.125. The molecule has 0 atom stereocenters. The SMILES string of the molecule is CS(=O)(=O)c1ccc(NCc2ccc(F)c3cccnc23)cn1. The molecule has 5 nitrogen and oxygen atoms in total. The molecule has 3 rings (SSSR count). The molecule has 118 valence electrons. The van der Waals surface area contributed by atoms with Crippen LogP contribution in [0.25, 0.3) is 10.9 Å². The van der Waals surface area contributed by atoms with Gasteiger partial charge in [-0.05, 0) is 35.9 Å². The first-order valence-electron chi connectivity index (χ1n) is 6.87. The minimum atomic E-state index is -3.31. The molecule has 0 unspecified atom stereocenters. The molecule has 0 bridgehead atoms. The molecule has 2 aromatic heterocycles. The maximum absolute atomic E-state index is 13.8. The highest BCUT2D eigenvalue weighted by Gasteiger charge is 2.09. The van der Waals surface area contributed by atoms with Gasteiger partial charge in [-0.15, -0.1) is 0 Å². The third kappa shape index (κ3) is 3.29. The van der Waals surface area contributed by atoms with Gasteiger partial charge in [0.05, 0.1) is 17.4 Å². The van der Waals surface area contributed by atoms with Gasteiger partial charge in [-0.3, -0.25) is 4.98 Å². The van der Waals surface area contributed by atoms with Gasteiger partial charge in [0.2, 0.25) is 0 Å². The van der Waals surface area contributed by atoms with Crippen molar-refractivity contribution in [2.24, 2.45) is 0 Å². The number of pyridine rings is 2. The topological polar surface area (TPSA) is 72.0 Å². The van der Waals surface area contributed by atoms with E-state index in [1.54, 1.807) is 30.5 Å². The van der Waals surface area contributed by atoms with E-state index in [0.29, 0.717) is 23.1 Å². The number of aromatic nitrogens is 2. The highest BCUT2D eigenvalue weighted by atomic mass is 32.2. The molecule has 0 radical (unpaired) electrons. The highest BCUT2D eigenvalue weighted by molar-refractivity contribution is 7.90. The lowest BCUT2D eigenvalue weighted by atomic mass is 10.1. The van der Waals surface area contributed by atoms with E-state index < -0.39 is 9.84 Å². The molecule has 7 heteroatoms. The Morgan fingerprint density at radius 1 is 1.13 bits per heavy atom.